The molecule has 6 aliphatic rings. The topological polar surface area (TPSA) is 541 Å². The molecule has 127 heavy (non-hydrogen) atoms. The molecule has 2 saturated heterocycles. The number of ether oxygens (including phenoxy) is 3. The van der Waals surface area contributed by atoms with Gasteiger partial charge >= 0.3 is 36.0 Å². The molecule has 1 saturated carbocycles. The van der Waals surface area contributed by atoms with Gasteiger partial charge in [-0.25, -0.2) is 14.4 Å². The van der Waals surface area contributed by atoms with Crippen LogP contribution in [0.5, 0.6) is 5.75 Å². The summed E-state index contributed by atoms with van der Waals surface area (Å²) in [5, 5.41) is 95.9. The van der Waals surface area contributed by atoms with Crippen LogP contribution in [-0.2, 0) is 97.2 Å². The van der Waals surface area contributed by atoms with Crippen molar-refractivity contribution in [2.75, 3.05) is 89.5 Å². The number of aromatic nitrogens is 1. The summed E-state index contributed by atoms with van der Waals surface area (Å²) in [5.41, 5.74) is 6.87. The van der Waals surface area contributed by atoms with Crippen molar-refractivity contribution < 1.29 is 122 Å². The Morgan fingerprint density at radius 1 is 0.709 bits per heavy atom. The van der Waals surface area contributed by atoms with E-state index >= 15 is 4.79 Å². The van der Waals surface area contributed by atoms with Gasteiger partial charge in [-0.05, 0) is 92.3 Å². The molecule has 0 radical (unpaired) electrons. The first-order valence-electron chi connectivity index (χ1n) is 42.8. The predicted molar refractivity (Wildman–Crippen MR) is 466 cm³/mol. The molecule has 686 valence electrons. The highest BCUT2D eigenvalue weighted by molar-refractivity contribution is 8.76. The number of methoxy groups -OCH3 is 1. The number of rotatable bonds is 46. The molecule has 2 spiro atoms. The first kappa shape index (κ1) is 96.6. The van der Waals surface area contributed by atoms with E-state index in [-0.39, 0.29) is 56.8 Å². The van der Waals surface area contributed by atoms with Crippen molar-refractivity contribution in [2.45, 2.75) is 194 Å². The fourth-order valence-electron chi connectivity index (χ4n) is 20.2. The Balaban J connectivity index is 0.673. The van der Waals surface area contributed by atoms with Crippen LogP contribution in [0, 0.1) is 17.3 Å². The molecule has 38 heteroatoms. The first-order valence-corrected chi connectivity index (χ1v) is 45.3. The summed E-state index contributed by atoms with van der Waals surface area (Å²) in [5.74, 6) is -13.7. The number of nitrogens with one attached hydrogen (secondary N) is 8. The summed E-state index contributed by atoms with van der Waals surface area (Å²) in [6, 6.07) is 20.7. The van der Waals surface area contributed by atoms with Gasteiger partial charge in [0, 0.05) is 129 Å². The molecule has 3 fully saturated rings. The molecular weight excluding hydrogens is 1690 g/mol. The Bertz CT molecular complexity index is 4950. The predicted octanol–water partition coefficient (Wildman–Crippen LogP) is 3.64. The van der Waals surface area contributed by atoms with Crippen LogP contribution in [0.2, 0.25) is 0 Å². The van der Waals surface area contributed by atoms with E-state index in [1.807, 2.05) is 56.1 Å². The number of hydrogen-bond acceptors (Lipinski definition) is 25. The normalized spacial score (nSPS) is 24.7. The van der Waals surface area contributed by atoms with Gasteiger partial charge in [0.1, 0.15) is 42.7 Å². The van der Waals surface area contributed by atoms with Gasteiger partial charge in [-0.1, -0.05) is 126 Å². The van der Waals surface area contributed by atoms with Crippen molar-refractivity contribution in [3.8, 4) is 5.75 Å². The second-order valence-corrected chi connectivity index (χ2v) is 36.7. The lowest BCUT2D eigenvalue weighted by Crippen LogP contribution is -2.81. The van der Waals surface area contributed by atoms with Crippen LogP contribution in [0.25, 0.3) is 10.9 Å². The number of aliphatic hydroxyl groups excluding tert-OH is 1. The van der Waals surface area contributed by atoms with E-state index < -0.39 is 217 Å². The number of benzene rings is 4. The molecule has 1 aliphatic carbocycles. The summed E-state index contributed by atoms with van der Waals surface area (Å²) in [6.07, 6.45) is -0.887. The first-order chi connectivity index (χ1) is 60.5. The summed E-state index contributed by atoms with van der Waals surface area (Å²) in [6.45, 7) is 7.53. The lowest BCUT2D eigenvalue weighted by atomic mass is 9.47. The minimum absolute atomic E-state index is 0.0340. The number of carbonyl (C=O) groups excluding carboxylic acids is 10. The third-order valence-corrected chi connectivity index (χ3v) is 29.0. The smallest absolute Gasteiger partial charge is 0.407 e. The number of aliphatic carboxylic acids is 4. The zero-order valence-corrected chi connectivity index (χ0v) is 73.3. The number of para-hydroxylation sites is 1. The van der Waals surface area contributed by atoms with E-state index in [0.29, 0.717) is 66.7 Å². The number of carboxylic acid groups (broad SMARTS) is 4. The Labute approximate surface area is 741 Å². The number of piperidine rings is 1. The Kier molecular flexibility index (Phi) is 31.8. The number of amides is 7. The number of likely N-dealkylation sites (N-methyl/N-ethyl adjacent to an activating group) is 1. The van der Waals surface area contributed by atoms with Crippen LogP contribution in [0.3, 0.4) is 0 Å². The lowest BCUT2D eigenvalue weighted by molar-refractivity contribution is -0.987. The second-order valence-electron chi connectivity index (χ2n) is 34.0. The van der Waals surface area contributed by atoms with E-state index in [9.17, 15) is 93.0 Å². The van der Waals surface area contributed by atoms with E-state index in [1.165, 1.54) is 5.56 Å². The molecule has 36 nitrogen and oxygen atoms in total. The van der Waals surface area contributed by atoms with Gasteiger partial charge in [0.05, 0.1) is 74.9 Å². The molecule has 6 heterocycles. The molecule has 7 amide bonds. The van der Waals surface area contributed by atoms with Gasteiger partial charge in [0.2, 0.25) is 23.6 Å². The van der Waals surface area contributed by atoms with Crippen LogP contribution < -0.4 is 52.6 Å². The minimum atomic E-state index is -2.51. The number of carboxylic acids is 4. The highest BCUT2D eigenvalue weighted by atomic mass is 33.1. The maximum absolute atomic E-state index is 15.4. The molecular formula is C89H115N12O24S2+. The van der Waals surface area contributed by atoms with Crippen LogP contribution in [-0.4, -0.2) is 278 Å². The zero-order valence-electron chi connectivity index (χ0n) is 71.6. The van der Waals surface area contributed by atoms with Crippen LogP contribution >= 0.6 is 21.6 Å². The van der Waals surface area contributed by atoms with Gasteiger partial charge in [-0.3, -0.25) is 57.6 Å². The third-order valence-electron chi connectivity index (χ3n) is 26.5. The fourth-order valence-corrected chi connectivity index (χ4v) is 22.3. The monoisotopic (exact) mass is 1800 g/mol. The van der Waals surface area contributed by atoms with Gasteiger partial charge in [0.25, 0.3) is 6.47 Å². The average molecular weight is 1800 g/mol. The average Bonchev–Trinajstić information content (AvgIpc) is 1.49. The SMILES string of the molecule is CC[C@]1(O)CCC[N+]2(CCc3c([nH]c4ccccc34)[C@@]2(C)c2cc3c(cc2OC)N(C)C2[C@]34CCN3CC=C[C@@](CC)([C@@H](O)[C@]2(O)C(=O)CNC(=O)OCCSSC[C@@H](CC(=O)[C@H](CC(=O)O)NC(=O)[C@@H](N)CNC(=O)[C@@H](CC(=O)[C@H](Cc2ccccc2)NC(=O)CCNC(=O)CC[C@H](NC(=O)N[C@@H](CCC(=O)O)OC=O)C(=O)O)Cc2ccccc2)C(=O)O)[C@H]34)C1. The van der Waals surface area contributed by atoms with Crippen molar-refractivity contribution >= 4 is 122 Å². The third kappa shape index (κ3) is 21.1. The molecule has 5 aromatic rings. The molecule has 1 aromatic heterocycles. The Hall–Kier alpha value is -11.0. The van der Waals surface area contributed by atoms with Gasteiger partial charge < -0.3 is 107 Å². The number of anilines is 1. The van der Waals surface area contributed by atoms with E-state index in [4.69, 9.17) is 20.3 Å². The number of quaternary nitrogens is 1. The Morgan fingerprint density at radius 3 is 2.07 bits per heavy atom. The van der Waals surface area contributed by atoms with Crippen molar-refractivity contribution in [1.82, 2.24) is 47.1 Å². The highest BCUT2D eigenvalue weighted by Gasteiger charge is 2.79. The fraction of sp³-hybridized carbons (Fsp3) is 0.528. The molecule has 5 aliphatic heterocycles. The molecule has 4 aromatic carbocycles. The van der Waals surface area contributed by atoms with Crippen molar-refractivity contribution in [2.24, 2.45) is 23.0 Å². The summed E-state index contributed by atoms with van der Waals surface area (Å²) in [7, 11) is 5.54. The highest BCUT2D eigenvalue weighted by Crippen LogP contribution is 2.68. The number of nitrogens with zero attached hydrogens (tertiary/aromatic N) is 3. The number of ketones is 3. The van der Waals surface area contributed by atoms with Crippen LogP contribution in [0.4, 0.5) is 15.3 Å². The standard InChI is InChI=1S/C89H114N12O24S2/c1-6-86(121)30-17-36-101(50-86)37-29-57-56-22-14-15-23-61(56)95-75(57)85(101,3)59-44-58-65(46-68(59)123-5)99(4)81-88(58)32-35-100-34-16-31-87(7-2,80(88)100)82(118)89(81,122)69(105)48-93-84(120)124-38-39-126-127-49-55(78(114)115)43-67(104)64(45-74(110)111)96-77(113)60(90)47-92-76(112)54(40-52-18-10-8-11-19-52)42-66(103)63(41-53-20-12-9-13-21-53)94-71(107)28-33-91-70(106)25-24-62(79(116)117)97-83(119)98-72(125-51-102)26-27-73(108)109/h8-16,18-23,31,44,46,51,54-55,60,62-64,72,80-82,95,118,121-122H,6-7,17,24-30,32-43,45,47-50,90H2,1-5H3,(H10-,91,92,93,94,96,97,98,106,107,108,109,110,111,112,113,114,115,116,117,119,120)/p+1/t54-,55-,60+,62+,63+,64+,72-,80+,81?,82-,85-,86+,87-,88-,89+,101?/m1/s1. The van der Waals surface area contributed by atoms with Crippen molar-refractivity contribution in [3.05, 3.63) is 143 Å². The number of hydrogen-bond donors (Lipinski definition) is 16. The number of urea groups is 1. The molecule has 17 N–H and O–H groups in total. The molecule has 11 rings (SSSR count). The van der Waals surface area contributed by atoms with Gasteiger partial charge in [-0.2, -0.15) is 0 Å². The van der Waals surface area contributed by atoms with Gasteiger partial charge in [-0.15, -0.1) is 0 Å². The van der Waals surface area contributed by atoms with Gasteiger partial charge in [0.15, 0.2) is 34.7 Å². The number of carbonyl (C=O) groups is 14. The second kappa shape index (κ2) is 41.8. The van der Waals surface area contributed by atoms with Crippen LogP contribution in [0.15, 0.2) is 109 Å². The maximum atomic E-state index is 15.4. The summed E-state index contributed by atoms with van der Waals surface area (Å²) >= 11 is 0. The largest absolute Gasteiger partial charge is 0.496 e. The van der Waals surface area contributed by atoms with Crippen LogP contribution in [0.1, 0.15) is 138 Å². The number of alkyl carbamates (subject to hydrolysis) is 1. The molecule has 2 unspecified atom stereocenters. The molecule has 16 atom stereocenters. The summed E-state index contributed by atoms with van der Waals surface area (Å²) < 4.78 is 17.2. The zero-order chi connectivity index (χ0) is 91.9. The van der Waals surface area contributed by atoms with Crippen molar-refractivity contribution in [1.29, 1.82) is 0 Å². The van der Waals surface area contributed by atoms with Crippen molar-refractivity contribution in [3.63, 3.8) is 0 Å². The number of H-pyrrole nitrogens is 1. The quantitative estimate of drug-likeness (QED) is 0.00660. The number of aromatic amines is 1. The Morgan fingerprint density at radius 2 is 1.40 bits per heavy atom. The summed E-state index contributed by atoms with van der Waals surface area (Å²) in [4.78, 5) is 191. The number of fused-ring (bicyclic) bond motifs is 4. The van der Waals surface area contributed by atoms with E-state index in [2.05, 4.69) is 77.0 Å². The van der Waals surface area contributed by atoms with E-state index in [0.717, 1.165) is 80.9 Å². The number of aliphatic hydroxyl groups is 3. The maximum Gasteiger partial charge on any atom is 0.407 e. The minimum Gasteiger partial charge on any atom is -0.496 e. The van der Waals surface area contributed by atoms with E-state index in [1.54, 1.807) is 67.8 Å². The number of Topliss-reactive ketones (excluding diaryl/α,β-unsaturated/α-hetero) is 3. The number of nitrogens with two attached hydrogens (primary N) is 1. The lowest BCUT2D eigenvalue weighted by Gasteiger charge is -2.63. The molecule has 0 bridgehead atoms.